The van der Waals surface area contributed by atoms with Crippen molar-refractivity contribution in [3.8, 4) is 11.8 Å². The number of rotatable bonds is 5. The average molecular weight is 607 g/mol. The van der Waals surface area contributed by atoms with Gasteiger partial charge in [-0.25, -0.2) is 4.98 Å². The highest BCUT2D eigenvalue weighted by atomic mass is 35.5. The predicted octanol–water partition coefficient (Wildman–Crippen LogP) is 6.05. The number of alkyl halides is 3. The molecule has 1 saturated heterocycles. The summed E-state index contributed by atoms with van der Waals surface area (Å²) in [5.74, 6) is 6.19. The highest BCUT2D eigenvalue weighted by molar-refractivity contribution is 6.31. The molecule has 7 nitrogen and oxygen atoms in total. The molecule has 0 saturated carbocycles. The second-order valence-corrected chi connectivity index (χ2v) is 10.9. The van der Waals surface area contributed by atoms with Crippen LogP contribution in [0.5, 0.6) is 0 Å². The quantitative estimate of drug-likeness (QED) is 0.270. The number of halogens is 4. The summed E-state index contributed by atoms with van der Waals surface area (Å²) < 4.78 is 42.1. The van der Waals surface area contributed by atoms with Crippen LogP contribution in [0.25, 0.3) is 10.8 Å². The molecule has 11 heteroatoms. The normalized spacial score (nSPS) is 14.3. The monoisotopic (exact) mass is 606 g/mol. The first-order chi connectivity index (χ1) is 20.5. The molecule has 2 aromatic carbocycles. The van der Waals surface area contributed by atoms with Gasteiger partial charge in [0.2, 0.25) is 0 Å². The Morgan fingerprint density at radius 3 is 2.51 bits per heavy atom. The maximum Gasteiger partial charge on any atom is 0.416 e. The van der Waals surface area contributed by atoms with Crippen LogP contribution in [-0.2, 0) is 12.7 Å². The van der Waals surface area contributed by atoms with Crippen molar-refractivity contribution in [2.24, 2.45) is 0 Å². The molecule has 0 bridgehead atoms. The molecule has 3 heterocycles. The predicted molar refractivity (Wildman–Crippen MR) is 163 cm³/mol. The SMILES string of the molecule is CNc1ncc2ccc(Cl)cc2c1C#Cc1cc(C(=O)Nc2ccc(CN3CCN(C)CC3)c(C(F)(F)F)c2)cnc1C. The van der Waals surface area contributed by atoms with Crippen LogP contribution in [-0.4, -0.2) is 65.9 Å². The maximum absolute atomic E-state index is 14.0. The number of nitrogens with zero attached hydrogens (tertiary/aromatic N) is 4. The van der Waals surface area contributed by atoms with Crippen LogP contribution >= 0.6 is 11.6 Å². The molecule has 1 amide bonds. The molecule has 5 rings (SSSR count). The lowest BCUT2D eigenvalue weighted by atomic mass is 10.0. The molecular formula is C32H30ClF3N6O. The lowest BCUT2D eigenvalue weighted by molar-refractivity contribution is -0.138. The van der Waals surface area contributed by atoms with E-state index in [2.05, 4.69) is 37.3 Å². The summed E-state index contributed by atoms with van der Waals surface area (Å²) in [5.41, 5.74) is 1.34. The van der Waals surface area contributed by atoms with E-state index in [1.165, 1.54) is 18.3 Å². The zero-order chi connectivity index (χ0) is 30.7. The van der Waals surface area contributed by atoms with Crippen molar-refractivity contribution >= 4 is 39.8 Å². The molecule has 0 spiro atoms. The molecule has 0 aliphatic carbocycles. The van der Waals surface area contributed by atoms with E-state index in [-0.39, 0.29) is 23.4 Å². The molecule has 2 N–H and O–H groups in total. The molecule has 43 heavy (non-hydrogen) atoms. The minimum absolute atomic E-state index is 0.0463. The third kappa shape index (κ3) is 7.08. The molecule has 1 aliphatic heterocycles. The van der Waals surface area contributed by atoms with E-state index >= 15 is 0 Å². The number of pyridine rings is 2. The standard InChI is InChI=1S/C32H30ClF3N6O/c1-20-21(6-9-27-28-15-25(33)7-4-22(28)17-39-30(27)37-2)14-24(18-38-20)31(43)40-26-8-5-23(29(16-26)32(34,35)36)19-42-12-10-41(3)11-13-42/h4-5,7-8,14-18H,10-13,19H2,1-3H3,(H,37,39)(H,40,43). The number of benzene rings is 2. The highest BCUT2D eigenvalue weighted by Crippen LogP contribution is 2.35. The van der Waals surface area contributed by atoms with Crippen molar-refractivity contribution in [3.63, 3.8) is 0 Å². The first-order valence-electron chi connectivity index (χ1n) is 13.7. The van der Waals surface area contributed by atoms with E-state index in [0.29, 0.717) is 40.8 Å². The number of piperazine rings is 1. The molecule has 2 aromatic heterocycles. The van der Waals surface area contributed by atoms with Crippen molar-refractivity contribution in [1.82, 2.24) is 19.8 Å². The number of amides is 1. The molecule has 1 aliphatic rings. The molecule has 0 unspecified atom stereocenters. The van der Waals surface area contributed by atoms with Crippen molar-refractivity contribution in [2.45, 2.75) is 19.6 Å². The molecule has 222 valence electrons. The number of carbonyl (C=O) groups is 1. The van der Waals surface area contributed by atoms with Crippen LogP contribution in [0.2, 0.25) is 5.02 Å². The van der Waals surface area contributed by atoms with Crippen molar-refractivity contribution in [3.05, 3.63) is 93.4 Å². The molecule has 0 radical (unpaired) electrons. The summed E-state index contributed by atoms with van der Waals surface area (Å²) in [4.78, 5) is 26.0. The third-order valence-electron chi connectivity index (χ3n) is 7.43. The van der Waals surface area contributed by atoms with Crippen molar-refractivity contribution < 1.29 is 18.0 Å². The van der Waals surface area contributed by atoms with Crippen LogP contribution in [0, 0.1) is 18.8 Å². The summed E-state index contributed by atoms with van der Waals surface area (Å²) in [6.45, 7) is 4.94. The first kappa shape index (κ1) is 30.3. The van der Waals surface area contributed by atoms with Crippen LogP contribution in [0.1, 0.15) is 38.3 Å². The molecule has 4 aromatic rings. The molecular weight excluding hydrogens is 577 g/mol. The third-order valence-corrected chi connectivity index (χ3v) is 7.66. The Bertz CT molecular complexity index is 1740. The minimum atomic E-state index is -4.57. The van der Waals surface area contributed by atoms with Gasteiger partial charge in [0.1, 0.15) is 5.82 Å². The van der Waals surface area contributed by atoms with Crippen molar-refractivity contribution in [2.75, 3.05) is 50.9 Å². The van der Waals surface area contributed by atoms with Gasteiger partial charge in [-0.15, -0.1) is 0 Å². The second-order valence-electron chi connectivity index (χ2n) is 10.5. The van der Waals surface area contributed by atoms with Gasteiger partial charge in [-0.2, -0.15) is 13.2 Å². The number of hydrogen-bond acceptors (Lipinski definition) is 6. The van der Waals surface area contributed by atoms with Crippen LogP contribution in [0.15, 0.2) is 54.9 Å². The first-order valence-corrected chi connectivity index (χ1v) is 14.1. The van der Waals surface area contributed by atoms with E-state index in [1.54, 1.807) is 32.3 Å². The molecule has 0 atom stereocenters. The smallest absolute Gasteiger partial charge is 0.372 e. The van der Waals surface area contributed by atoms with E-state index in [4.69, 9.17) is 11.6 Å². The van der Waals surface area contributed by atoms with Crippen LogP contribution < -0.4 is 10.6 Å². The lowest BCUT2D eigenvalue weighted by Crippen LogP contribution is -2.44. The van der Waals surface area contributed by atoms with Gasteiger partial charge < -0.3 is 15.5 Å². The van der Waals surface area contributed by atoms with Gasteiger partial charge in [-0.1, -0.05) is 35.6 Å². The zero-order valence-corrected chi connectivity index (χ0v) is 24.7. The fourth-order valence-electron chi connectivity index (χ4n) is 4.92. The highest BCUT2D eigenvalue weighted by Gasteiger charge is 2.34. The Morgan fingerprint density at radius 2 is 1.79 bits per heavy atom. The Labute approximate surface area is 253 Å². The number of fused-ring (bicyclic) bond motifs is 1. The number of aromatic nitrogens is 2. The van der Waals surface area contributed by atoms with Gasteiger partial charge in [0.15, 0.2) is 0 Å². The maximum atomic E-state index is 14.0. The van der Waals surface area contributed by atoms with Gasteiger partial charge in [-0.05, 0) is 49.9 Å². The van der Waals surface area contributed by atoms with Gasteiger partial charge in [-0.3, -0.25) is 14.7 Å². The minimum Gasteiger partial charge on any atom is -0.372 e. The van der Waals surface area contributed by atoms with Gasteiger partial charge in [0.25, 0.3) is 5.91 Å². The number of hydrogen-bond donors (Lipinski definition) is 2. The number of aryl methyl sites for hydroxylation is 1. The van der Waals surface area contributed by atoms with Gasteiger partial charge in [0.05, 0.1) is 22.4 Å². The average Bonchev–Trinajstić information content (AvgIpc) is 2.97. The van der Waals surface area contributed by atoms with E-state index in [1.807, 2.05) is 24.1 Å². The topological polar surface area (TPSA) is 73.4 Å². The fraction of sp³-hybridized carbons (Fsp3) is 0.281. The summed E-state index contributed by atoms with van der Waals surface area (Å²) in [5, 5.41) is 7.87. The zero-order valence-electron chi connectivity index (χ0n) is 23.9. The number of likely N-dealkylation sites (N-methyl/N-ethyl adjacent to an activating group) is 1. The number of nitrogens with one attached hydrogen (secondary N) is 2. The van der Waals surface area contributed by atoms with Crippen LogP contribution in [0.3, 0.4) is 0 Å². The molecule has 1 fully saturated rings. The Kier molecular flexibility index (Phi) is 8.87. The van der Waals surface area contributed by atoms with Gasteiger partial charge in [0, 0.05) is 79.2 Å². The summed E-state index contributed by atoms with van der Waals surface area (Å²) in [6, 6.07) is 10.9. The Balaban J connectivity index is 1.40. The number of anilines is 2. The Hall–Kier alpha value is -4.17. The van der Waals surface area contributed by atoms with E-state index in [0.717, 1.165) is 29.9 Å². The van der Waals surface area contributed by atoms with E-state index < -0.39 is 17.6 Å². The van der Waals surface area contributed by atoms with Crippen molar-refractivity contribution in [1.29, 1.82) is 0 Å². The summed E-state index contributed by atoms with van der Waals surface area (Å²) in [7, 11) is 3.73. The Morgan fingerprint density at radius 1 is 1.02 bits per heavy atom. The van der Waals surface area contributed by atoms with Crippen LogP contribution in [0.4, 0.5) is 24.7 Å². The fourth-order valence-corrected chi connectivity index (χ4v) is 5.09. The van der Waals surface area contributed by atoms with E-state index in [9.17, 15) is 18.0 Å². The summed E-state index contributed by atoms with van der Waals surface area (Å²) in [6.07, 6.45) is -1.46. The second kappa shape index (κ2) is 12.6. The lowest BCUT2D eigenvalue weighted by Gasteiger charge is -2.33. The summed E-state index contributed by atoms with van der Waals surface area (Å²) >= 11 is 6.23. The number of carbonyl (C=O) groups excluding carboxylic acids is 1. The largest absolute Gasteiger partial charge is 0.416 e. The van der Waals surface area contributed by atoms with Gasteiger partial charge >= 0.3 is 6.18 Å².